The second-order valence-corrected chi connectivity index (χ2v) is 9.87. The Morgan fingerprint density at radius 3 is 1.60 bits per heavy atom. The fraction of sp³-hybridized carbons (Fsp3) is 0.750. The molecule has 0 saturated carbocycles. The van der Waals surface area contributed by atoms with Crippen molar-refractivity contribution in [3.8, 4) is 0 Å². The van der Waals surface area contributed by atoms with Crippen molar-refractivity contribution >= 4 is 35.6 Å². The summed E-state index contributed by atoms with van der Waals surface area (Å²) in [5, 5.41) is 76.4. The van der Waals surface area contributed by atoms with Crippen molar-refractivity contribution in [2.75, 3.05) is 39.3 Å². The number of carboxylic acid groups (broad SMARTS) is 5. The number of carboxylic acids is 5. The van der Waals surface area contributed by atoms with E-state index in [0.29, 0.717) is 39.0 Å². The van der Waals surface area contributed by atoms with Crippen molar-refractivity contribution in [2.24, 2.45) is 0 Å². The molecule has 0 spiro atoms. The van der Waals surface area contributed by atoms with E-state index in [4.69, 9.17) is 40.9 Å². The van der Waals surface area contributed by atoms with Crippen LogP contribution in [0.5, 0.6) is 0 Å². The quantitative estimate of drug-likeness (QED) is 0.0469. The van der Waals surface area contributed by atoms with Crippen LogP contribution in [0.1, 0.15) is 38.5 Å². The molecule has 0 unspecified atom stereocenters. The highest BCUT2D eigenvalue weighted by Gasteiger charge is 2.35. The van der Waals surface area contributed by atoms with Gasteiger partial charge in [0.1, 0.15) is 18.1 Å². The molecule has 2 rings (SSSR count). The Kier molecular flexibility index (Phi) is 16.0. The molecule has 0 amide bonds. The molecule has 2 fully saturated rings. The van der Waals surface area contributed by atoms with Crippen molar-refractivity contribution in [3.63, 3.8) is 0 Å². The molecule has 5 atom stereocenters. The topological polar surface area (TPSA) is 295 Å². The first-order valence-electron chi connectivity index (χ1n) is 13.3. The molecule has 18 heteroatoms. The lowest BCUT2D eigenvalue weighted by atomic mass is 10.0. The molecule has 42 heavy (non-hydrogen) atoms. The van der Waals surface area contributed by atoms with Crippen molar-refractivity contribution in [3.05, 3.63) is 0 Å². The van der Waals surface area contributed by atoms with Gasteiger partial charge in [0.25, 0.3) is 0 Å². The van der Waals surface area contributed by atoms with Crippen LogP contribution in [0.25, 0.3) is 0 Å². The van der Waals surface area contributed by atoms with Gasteiger partial charge in [0.15, 0.2) is 12.4 Å². The van der Waals surface area contributed by atoms with Gasteiger partial charge < -0.3 is 51.5 Å². The number of aliphatic hydroxyl groups is 3. The number of hydrogen-bond donors (Lipinski definition) is 10. The number of nitrogens with one attached hydrogen (secondary N) is 2. The Hall–Kier alpha value is -3.26. The second kappa shape index (κ2) is 18.3. The third-order valence-corrected chi connectivity index (χ3v) is 7.02. The minimum Gasteiger partial charge on any atom is -0.480 e. The SMILES string of the molecule is O=C(O)C(=O)CCN[C@@H](CCN1CC[C@H]1C(=O)O)C(=O)O.O=C(O)[C@H](CCN1CC[C@H]1C(O)O)NCC[C@H](O)C(=O)O. The molecular formula is C24H40N4O14. The minimum atomic E-state index is -1.55. The molecule has 0 aromatic rings. The van der Waals surface area contributed by atoms with Crippen LogP contribution >= 0.6 is 0 Å². The number of Topliss-reactive ketones (excluding diaryl/α,β-unsaturated/α-hetero) is 1. The van der Waals surface area contributed by atoms with Gasteiger partial charge in [-0.1, -0.05) is 0 Å². The zero-order chi connectivity index (χ0) is 32.0. The monoisotopic (exact) mass is 608 g/mol. The first-order valence-corrected chi connectivity index (χ1v) is 13.3. The van der Waals surface area contributed by atoms with Gasteiger partial charge in [-0.3, -0.25) is 29.0 Å². The van der Waals surface area contributed by atoms with E-state index in [-0.39, 0.29) is 44.8 Å². The van der Waals surface area contributed by atoms with Gasteiger partial charge in [-0.2, -0.15) is 0 Å². The van der Waals surface area contributed by atoms with Crippen LogP contribution in [0.15, 0.2) is 0 Å². The lowest BCUT2D eigenvalue weighted by molar-refractivity contribution is -0.149. The molecule has 18 nitrogen and oxygen atoms in total. The largest absolute Gasteiger partial charge is 0.480 e. The van der Waals surface area contributed by atoms with Gasteiger partial charge >= 0.3 is 29.8 Å². The van der Waals surface area contributed by atoms with Crippen LogP contribution in [0, 0.1) is 0 Å². The van der Waals surface area contributed by atoms with Crippen LogP contribution in [-0.2, 0) is 28.8 Å². The molecule has 0 aromatic heterocycles. The number of aliphatic carboxylic acids is 5. The highest BCUT2D eigenvalue weighted by Crippen LogP contribution is 2.20. The van der Waals surface area contributed by atoms with E-state index in [1.165, 1.54) is 0 Å². The molecule has 0 radical (unpaired) electrons. The van der Waals surface area contributed by atoms with Crippen molar-refractivity contribution in [1.29, 1.82) is 0 Å². The normalized spacial score (nSPS) is 20.7. The summed E-state index contributed by atoms with van der Waals surface area (Å²) in [5.74, 6) is -6.99. The number of likely N-dealkylation sites (tertiary alicyclic amines) is 2. The Morgan fingerprint density at radius 2 is 1.21 bits per heavy atom. The first-order chi connectivity index (χ1) is 19.6. The summed E-state index contributed by atoms with van der Waals surface area (Å²) >= 11 is 0. The van der Waals surface area contributed by atoms with E-state index in [9.17, 15) is 28.8 Å². The van der Waals surface area contributed by atoms with Gasteiger partial charge in [0, 0.05) is 39.1 Å². The fourth-order valence-electron chi connectivity index (χ4n) is 4.26. The van der Waals surface area contributed by atoms with Crippen LogP contribution in [-0.4, -0.2) is 162 Å². The number of carbonyl (C=O) groups is 6. The Balaban J connectivity index is 0.000000420. The lowest BCUT2D eigenvalue weighted by Gasteiger charge is -2.42. The Labute approximate surface area is 240 Å². The van der Waals surface area contributed by atoms with E-state index in [1.807, 2.05) is 0 Å². The summed E-state index contributed by atoms with van der Waals surface area (Å²) in [5.41, 5.74) is 0. The number of aliphatic hydroxyl groups excluding tert-OH is 2. The lowest BCUT2D eigenvalue weighted by Crippen LogP contribution is -2.55. The van der Waals surface area contributed by atoms with Gasteiger partial charge in [-0.05, 0) is 38.6 Å². The maximum Gasteiger partial charge on any atom is 0.372 e. The molecule has 0 bridgehead atoms. The minimum absolute atomic E-state index is 0.0511. The third-order valence-electron chi connectivity index (χ3n) is 7.02. The first kappa shape index (κ1) is 36.8. The maximum absolute atomic E-state index is 11.1. The van der Waals surface area contributed by atoms with Crippen molar-refractivity contribution in [2.45, 2.75) is 75.1 Å². The van der Waals surface area contributed by atoms with Gasteiger partial charge in [-0.15, -0.1) is 0 Å². The third kappa shape index (κ3) is 12.7. The molecule has 2 aliphatic rings. The molecule has 240 valence electrons. The van der Waals surface area contributed by atoms with Crippen molar-refractivity contribution < 1.29 is 69.6 Å². The van der Waals surface area contributed by atoms with E-state index in [0.717, 1.165) is 0 Å². The van der Waals surface area contributed by atoms with Crippen LogP contribution in [0.4, 0.5) is 0 Å². The van der Waals surface area contributed by atoms with Gasteiger partial charge in [0.2, 0.25) is 5.78 Å². The maximum atomic E-state index is 11.1. The summed E-state index contributed by atoms with van der Waals surface area (Å²) in [6.07, 6.45) is -1.68. The van der Waals surface area contributed by atoms with E-state index >= 15 is 0 Å². The van der Waals surface area contributed by atoms with E-state index in [2.05, 4.69) is 10.6 Å². The highest BCUT2D eigenvalue weighted by atomic mass is 16.5. The molecule has 0 aromatic carbocycles. The molecule has 10 N–H and O–H groups in total. The molecule has 0 aliphatic carbocycles. The van der Waals surface area contributed by atoms with Crippen LogP contribution in [0.3, 0.4) is 0 Å². The summed E-state index contributed by atoms with van der Waals surface area (Å²) in [4.78, 5) is 68.0. The van der Waals surface area contributed by atoms with Crippen molar-refractivity contribution in [1.82, 2.24) is 20.4 Å². The number of ketones is 1. The molecule has 2 saturated heterocycles. The summed E-state index contributed by atoms with van der Waals surface area (Å²) < 4.78 is 0. The Morgan fingerprint density at radius 1 is 0.690 bits per heavy atom. The number of nitrogens with zero attached hydrogens (tertiary/aromatic N) is 2. The van der Waals surface area contributed by atoms with E-state index < -0.39 is 66.1 Å². The van der Waals surface area contributed by atoms with E-state index in [1.54, 1.807) is 9.80 Å². The second-order valence-electron chi connectivity index (χ2n) is 9.87. The smallest absolute Gasteiger partial charge is 0.372 e. The number of rotatable bonds is 20. The fourth-order valence-corrected chi connectivity index (χ4v) is 4.26. The Bertz CT molecular complexity index is 948. The zero-order valence-corrected chi connectivity index (χ0v) is 22.9. The highest BCUT2D eigenvalue weighted by molar-refractivity contribution is 6.32. The van der Waals surface area contributed by atoms with Crippen LogP contribution in [0.2, 0.25) is 0 Å². The summed E-state index contributed by atoms with van der Waals surface area (Å²) in [6, 6.07) is -2.73. The van der Waals surface area contributed by atoms with Gasteiger partial charge in [0.05, 0.1) is 6.04 Å². The number of hydrogen-bond acceptors (Lipinski definition) is 13. The van der Waals surface area contributed by atoms with Gasteiger partial charge in [-0.25, -0.2) is 9.59 Å². The summed E-state index contributed by atoms with van der Waals surface area (Å²) in [7, 11) is 0. The standard InChI is InChI=1S/C12H22N2O7.C12H18N2O7/c2*15-9(12(20)21)1-4-13-7(10(16)17)2-5-14-6-3-8(14)11(18)19/h7-9,11,13,15,18-19H,1-6H2,(H,16,17)(H,20,21);7-8,13H,1-6H2,(H,16,17)(H,18,19)(H,20,21)/t7-,8-,9-;7-,8-/m00/s1. The average molecular weight is 609 g/mol. The number of carbonyl (C=O) groups excluding carboxylic acids is 1. The average Bonchev–Trinajstić information content (AvgIpc) is 2.84. The zero-order valence-electron chi connectivity index (χ0n) is 22.9. The molecule has 2 heterocycles. The predicted octanol–water partition coefficient (Wildman–Crippen LogP) is -3.74. The molecule has 2 aliphatic heterocycles. The molecular weight excluding hydrogens is 568 g/mol. The summed E-state index contributed by atoms with van der Waals surface area (Å²) in [6.45, 7) is 2.02. The predicted molar refractivity (Wildman–Crippen MR) is 139 cm³/mol. The van der Waals surface area contributed by atoms with Crippen LogP contribution < -0.4 is 10.6 Å².